The van der Waals surface area contributed by atoms with Crippen molar-refractivity contribution in [2.45, 2.75) is 44.7 Å². The molecule has 2 saturated heterocycles. The Hall–Kier alpha value is -2.52. The molecular weight excluding hydrogens is 386 g/mol. The van der Waals surface area contributed by atoms with Crippen molar-refractivity contribution in [2.24, 2.45) is 0 Å². The van der Waals surface area contributed by atoms with Gasteiger partial charge >= 0.3 is 0 Å². The Morgan fingerprint density at radius 2 is 2.07 bits per heavy atom. The Kier molecular flexibility index (Phi) is 6.59. The van der Waals surface area contributed by atoms with Gasteiger partial charge in [0.05, 0.1) is 12.6 Å². The molecule has 0 unspecified atom stereocenters. The summed E-state index contributed by atoms with van der Waals surface area (Å²) in [4.78, 5) is 25.0. The fourth-order valence-corrected chi connectivity index (χ4v) is 4.34. The summed E-state index contributed by atoms with van der Waals surface area (Å²) < 4.78 is 16.3. The van der Waals surface area contributed by atoms with Gasteiger partial charge in [0.25, 0.3) is 0 Å². The largest absolute Gasteiger partial charge is 0.491 e. The van der Waals surface area contributed by atoms with E-state index < -0.39 is 0 Å². The predicted octanol–water partition coefficient (Wildman–Crippen LogP) is 2.30. The normalized spacial score (nSPS) is 20.6. The van der Waals surface area contributed by atoms with E-state index in [1.54, 1.807) is 26.3 Å². The number of pyridine rings is 1. The van der Waals surface area contributed by atoms with Gasteiger partial charge in [-0.3, -0.25) is 14.7 Å². The highest BCUT2D eigenvalue weighted by molar-refractivity contribution is 5.73. The number of carbonyl (C=O) groups excluding carboxylic acids is 1. The van der Waals surface area contributed by atoms with Gasteiger partial charge in [-0.05, 0) is 38.3 Å². The summed E-state index contributed by atoms with van der Waals surface area (Å²) in [6, 6.07) is 4.18. The summed E-state index contributed by atoms with van der Waals surface area (Å²) in [5, 5.41) is 4.18. The number of piperidine rings is 1. The molecule has 9 nitrogen and oxygen atoms in total. The van der Waals surface area contributed by atoms with Crippen molar-refractivity contribution in [3.8, 4) is 17.3 Å². The van der Waals surface area contributed by atoms with E-state index in [2.05, 4.69) is 20.0 Å². The molecule has 0 radical (unpaired) electrons. The molecule has 2 aromatic heterocycles. The Morgan fingerprint density at radius 1 is 1.23 bits per heavy atom. The van der Waals surface area contributed by atoms with Crippen LogP contribution in [-0.2, 0) is 9.53 Å². The summed E-state index contributed by atoms with van der Waals surface area (Å²) >= 11 is 0. The van der Waals surface area contributed by atoms with Crippen LogP contribution in [0.5, 0.6) is 5.75 Å². The first kappa shape index (κ1) is 20.7. The lowest BCUT2D eigenvalue weighted by Crippen LogP contribution is -2.46. The number of methoxy groups -OCH3 is 1. The highest BCUT2D eigenvalue weighted by Gasteiger charge is 2.37. The number of rotatable bonds is 7. The summed E-state index contributed by atoms with van der Waals surface area (Å²) in [5.74, 6) is 1.97. The Balaban J connectivity index is 1.43. The lowest BCUT2D eigenvalue weighted by atomic mass is 10.0. The number of likely N-dealkylation sites (tertiary alicyclic amines) is 2. The molecule has 2 aliphatic rings. The molecule has 4 rings (SSSR count). The number of nitrogens with zero attached hydrogens (tertiary/aromatic N) is 5. The SMILES string of the molecule is COCCOc1ccnc(-c2noc([C@@H]3CCCN3C3CCN(C(C)=O)CC3)n2)c1. The van der Waals surface area contributed by atoms with Gasteiger partial charge in [-0.15, -0.1) is 0 Å². The minimum Gasteiger partial charge on any atom is -0.491 e. The third kappa shape index (κ3) is 4.62. The summed E-state index contributed by atoms with van der Waals surface area (Å²) in [5.41, 5.74) is 0.624. The van der Waals surface area contributed by atoms with Crippen molar-refractivity contribution >= 4 is 5.91 Å². The zero-order chi connectivity index (χ0) is 20.9. The standard InChI is InChI=1S/C21H29N5O4/c1-15(27)25-10-6-16(7-11-25)26-9-3-4-19(26)21-23-20(24-30-21)18-14-17(5-8-22-18)29-13-12-28-2/h5,8,14,16,19H,3-4,6-7,9-13H2,1-2H3/t19-/m0/s1. The molecule has 9 heteroatoms. The number of hydrogen-bond donors (Lipinski definition) is 0. The van der Waals surface area contributed by atoms with Gasteiger partial charge in [0.1, 0.15) is 18.1 Å². The number of ether oxygens (including phenoxy) is 2. The van der Waals surface area contributed by atoms with Crippen molar-refractivity contribution in [2.75, 3.05) is 40.0 Å². The van der Waals surface area contributed by atoms with Crippen LogP contribution < -0.4 is 4.74 Å². The molecule has 1 amide bonds. The Bertz CT molecular complexity index is 849. The highest BCUT2D eigenvalue weighted by Crippen LogP contribution is 2.36. The van der Waals surface area contributed by atoms with Crippen LogP contribution in [0.1, 0.15) is 44.5 Å². The van der Waals surface area contributed by atoms with Crippen molar-refractivity contribution in [3.05, 3.63) is 24.2 Å². The number of hydrogen-bond acceptors (Lipinski definition) is 8. The van der Waals surface area contributed by atoms with Crippen LogP contribution in [0.3, 0.4) is 0 Å². The molecule has 0 saturated carbocycles. The Labute approximate surface area is 176 Å². The molecule has 2 fully saturated rings. The van der Waals surface area contributed by atoms with Crippen LogP contribution in [0.15, 0.2) is 22.9 Å². The van der Waals surface area contributed by atoms with E-state index in [9.17, 15) is 4.79 Å². The Morgan fingerprint density at radius 3 is 2.83 bits per heavy atom. The molecule has 1 atom stereocenters. The number of aromatic nitrogens is 3. The average molecular weight is 415 g/mol. The highest BCUT2D eigenvalue weighted by atomic mass is 16.5. The smallest absolute Gasteiger partial charge is 0.244 e. The van der Waals surface area contributed by atoms with Crippen LogP contribution in [0, 0.1) is 0 Å². The molecule has 0 bridgehead atoms. The van der Waals surface area contributed by atoms with Crippen molar-refractivity contribution in [1.82, 2.24) is 24.9 Å². The van der Waals surface area contributed by atoms with Gasteiger partial charge in [0.15, 0.2) is 0 Å². The van der Waals surface area contributed by atoms with Crippen LogP contribution >= 0.6 is 0 Å². The van der Waals surface area contributed by atoms with E-state index in [1.165, 1.54) is 0 Å². The minimum absolute atomic E-state index is 0.126. The lowest BCUT2D eigenvalue weighted by molar-refractivity contribution is -0.130. The molecule has 0 aromatic carbocycles. The second kappa shape index (κ2) is 9.53. The van der Waals surface area contributed by atoms with Gasteiger partial charge < -0.3 is 18.9 Å². The first-order chi connectivity index (χ1) is 14.7. The summed E-state index contributed by atoms with van der Waals surface area (Å²) in [6.45, 7) is 5.29. The molecule has 4 heterocycles. The second-order valence-corrected chi connectivity index (χ2v) is 7.81. The summed E-state index contributed by atoms with van der Waals surface area (Å²) in [7, 11) is 1.64. The fourth-order valence-electron chi connectivity index (χ4n) is 4.34. The van der Waals surface area contributed by atoms with E-state index in [0.717, 1.165) is 45.3 Å². The lowest BCUT2D eigenvalue weighted by Gasteiger charge is -2.38. The predicted molar refractivity (Wildman–Crippen MR) is 109 cm³/mol. The van der Waals surface area contributed by atoms with E-state index in [-0.39, 0.29) is 11.9 Å². The van der Waals surface area contributed by atoms with Crippen molar-refractivity contribution in [1.29, 1.82) is 0 Å². The molecule has 30 heavy (non-hydrogen) atoms. The first-order valence-corrected chi connectivity index (χ1v) is 10.6. The first-order valence-electron chi connectivity index (χ1n) is 10.6. The van der Waals surface area contributed by atoms with Gasteiger partial charge in [-0.25, -0.2) is 0 Å². The maximum Gasteiger partial charge on any atom is 0.244 e. The monoisotopic (exact) mass is 415 g/mol. The zero-order valence-corrected chi connectivity index (χ0v) is 17.6. The van der Waals surface area contributed by atoms with Crippen LogP contribution in [-0.4, -0.2) is 76.8 Å². The zero-order valence-electron chi connectivity index (χ0n) is 17.6. The van der Waals surface area contributed by atoms with Crippen molar-refractivity contribution in [3.63, 3.8) is 0 Å². The molecule has 2 aromatic rings. The molecule has 2 aliphatic heterocycles. The summed E-state index contributed by atoms with van der Waals surface area (Å²) in [6.07, 6.45) is 5.76. The maximum absolute atomic E-state index is 11.6. The molecule has 162 valence electrons. The van der Waals surface area contributed by atoms with Crippen molar-refractivity contribution < 1.29 is 18.8 Å². The van der Waals surface area contributed by atoms with Gasteiger partial charge in [-0.1, -0.05) is 5.16 Å². The second-order valence-electron chi connectivity index (χ2n) is 7.81. The quantitative estimate of drug-likeness (QED) is 0.636. The third-order valence-electron chi connectivity index (χ3n) is 5.92. The van der Waals surface area contributed by atoms with Crippen LogP contribution in [0.25, 0.3) is 11.5 Å². The fraction of sp³-hybridized carbons (Fsp3) is 0.619. The van der Waals surface area contributed by atoms with Gasteiger partial charge in [0, 0.05) is 45.4 Å². The van der Waals surface area contributed by atoms with E-state index in [0.29, 0.717) is 42.4 Å². The van der Waals surface area contributed by atoms with E-state index in [1.807, 2.05) is 11.0 Å². The average Bonchev–Trinajstić information content (AvgIpc) is 3.44. The molecule has 0 spiro atoms. The van der Waals surface area contributed by atoms with Gasteiger partial charge in [0.2, 0.25) is 17.6 Å². The van der Waals surface area contributed by atoms with E-state index in [4.69, 9.17) is 14.0 Å². The van der Waals surface area contributed by atoms with Crippen LogP contribution in [0.2, 0.25) is 0 Å². The van der Waals surface area contributed by atoms with E-state index >= 15 is 0 Å². The number of carbonyl (C=O) groups is 1. The topological polar surface area (TPSA) is 93.8 Å². The maximum atomic E-state index is 11.6. The van der Waals surface area contributed by atoms with Gasteiger partial charge in [-0.2, -0.15) is 4.98 Å². The molecule has 0 aliphatic carbocycles. The minimum atomic E-state index is 0.126. The number of amides is 1. The molecule has 0 N–H and O–H groups in total. The van der Waals surface area contributed by atoms with Crippen LogP contribution in [0.4, 0.5) is 0 Å². The molecular formula is C21H29N5O4. The third-order valence-corrected chi connectivity index (χ3v) is 5.92.